The third-order valence-corrected chi connectivity index (χ3v) is 4.79. The fourth-order valence-electron chi connectivity index (χ4n) is 3.59. The summed E-state index contributed by atoms with van der Waals surface area (Å²) in [5.74, 6) is 1.03. The molecule has 4 unspecified atom stereocenters. The molecule has 2 nitrogen and oxygen atoms in total. The predicted molar refractivity (Wildman–Crippen MR) is 81.2 cm³/mol. The smallest absolute Gasteiger partial charge is 0.168 e. The third kappa shape index (κ3) is 4.18. The SMILES string of the molecule is C.C=COC1CCC(C2CCC(C)CC2)C(F)C1F.O.[HH]. The van der Waals surface area contributed by atoms with Crippen LogP contribution < -0.4 is 0 Å². The van der Waals surface area contributed by atoms with Crippen molar-refractivity contribution in [2.24, 2.45) is 17.8 Å². The first-order valence-corrected chi connectivity index (χ1v) is 7.18. The molecule has 0 aliphatic heterocycles. The summed E-state index contributed by atoms with van der Waals surface area (Å²) in [6.45, 7) is 5.67. The zero-order valence-corrected chi connectivity index (χ0v) is 11.7. The van der Waals surface area contributed by atoms with Crippen molar-refractivity contribution < 1.29 is 20.4 Å². The number of hydrogen-bond acceptors (Lipinski definition) is 1. The Morgan fingerprint density at radius 1 is 1.05 bits per heavy atom. The van der Waals surface area contributed by atoms with Crippen molar-refractivity contribution in [3.8, 4) is 0 Å². The van der Waals surface area contributed by atoms with Crippen molar-refractivity contribution in [2.75, 3.05) is 0 Å². The lowest BCUT2D eigenvalue weighted by Gasteiger charge is -2.40. The van der Waals surface area contributed by atoms with Gasteiger partial charge in [0.2, 0.25) is 0 Å². The first kappa shape index (κ1) is 19.4. The quantitative estimate of drug-likeness (QED) is 0.707. The van der Waals surface area contributed by atoms with Gasteiger partial charge >= 0.3 is 0 Å². The molecule has 20 heavy (non-hydrogen) atoms. The lowest BCUT2D eigenvalue weighted by atomic mass is 9.69. The molecular formula is C16H32F2O2. The Hall–Kier alpha value is -0.640. The summed E-state index contributed by atoms with van der Waals surface area (Å²) in [4.78, 5) is 0. The van der Waals surface area contributed by atoms with E-state index in [2.05, 4.69) is 13.5 Å². The van der Waals surface area contributed by atoms with Crippen molar-refractivity contribution in [2.45, 2.75) is 71.3 Å². The third-order valence-electron chi connectivity index (χ3n) is 4.79. The first-order valence-electron chi connectivity index (χ1n) is 7.18. The van der Waals surface area contributed by atoms with Crippen molar-refractivity contribution in [3.05, 3.63) is 12.8 Å². The van der Waals surface area contributed by atoms with E-state index < -0.39 is 18.4 Å². The molecule has 122 valence electrons. The molecule has 2 fully saturated rings. The minimum Gasteiger partial charge on any atom is -0.495 e. The largest absolute Gasteiger partial charge is 0.495 e. The summed E-state index contributed by atoms with van der Waals surface area (Å²) >= 11 is 0. The van der Waals surface area contributed by atoms with Crippen molar-refractivity contribution in [1.82, 2.24) is 0 Å². The van der Waals surface area contributed by atoms with E-state index in [0.717, 1.165) is 38.0 Å². The Morgan fingerprint density at radius 3 is 2.20 bits per heavy atom. The Bertz CT molecular complexity index is 283. The molecule has 0 aromatic heterocycles. The number of rotatable bonds is 3. The van der Waals surface area contributed by atoms with Crippen LogP contribution in [0, 0.1) is 17.8 Å². The summed E-state index contributed by atoms with van der Waals surface area (Å²) < 4.78 is 33.2. The highest BCUT2D eigenvalue weighted by atomic mass is 19.2. The first-order chi connectivity index (χ1) is 8.63. The average Bonchev–Trinajstić information content (AvgIpc) is 2.37. The van der Waals surface area contributed by atoms with Crippen LogP contribution in [0.15, 0.2) is 12.8 Å². The number of alkyl halides is 2. The van der Waals surface area contributed by atoms with Gasteiger partial charge in [-0.1, -0.05) is 33.8 Å². The second-order valence-corrected chi connectivity index (χ2v) is 5.99. The molecule has 2 aliphatic rings. The summed E-state index contributed by atoms with van der Waals surface area (Å²) in [5, 5.41) is 0. The van der Waals surface area contributed by atoms with Gasteiger partial charge in [-0.25, -0.2) is 8.78 Å². The molecular weight excluding hydrogens is 262 g/mol. The van der Waals surface area contributed by atoms with Crippen LogP contribution >= 0.6 is 0 Å². The normalized spacial score (nSPS) is 41.0. The predicted octanol–water partition coefficient (Wildman–Crippen LogP) is 4.49. The van der Waals surface area contributed by atoms with Crippen LogP contribution in [0.5, 0.6) is 0 Å². The molecule has 2 saturated carbocycles. The molecule has 0 spiro atoms. The van der Waals surface area contributed by atoms with Gasteiger partial charge in [0.25, 0.3) is 0 Å². The van der Waals surface area contributed by atoms with E-state index in [1.165, 1.54) is 6.26 Å². The van der Waals surface area contributed by atoms with Crippen LogP contribution in [0.1, 0.15) is 54.3 Å². The van der Waals surface area contributed by atoms with Gasteiger partial charge in [0.15, 0.2) is 6.17 Å². The fourth-order valence-corrected chi connectivity index (χ4v) is 3.59. The summed E-state index contributed by atoms with van der Waals surface area (Å²) in [6.07, 6.45) is 3.57. The van der Waals surface area contributed by atoms with Crippen LogP contribution in [0.25, 0.3) is 0 Å². The van der Waals surface area contributed by atoms with Crippen LogP contribution in [-0.2, 0) is 4.74 Å². The maximum Gasteiger partial charge on any atom is 0.168 e. The molecule has 0 aromatic rings. The molecule has 0 heterocycles. The van der Waals surface area contributed by atoms with Crippen LogP contribution in [0.3, 0.4) is 0 Å². The van der Waals surface area contributed by atoms with Gasteiger partial charge in [-0.15, -0.1) is 0 Å². The van der Waals surface area contributed by atoms with E-state index in [-0.39, 0.29) is 20.2 Å². The molecule has 0 radical (unpaired) electrons. The van der Waals surface area contributed by atoms with Crippen molar-refractivity contribution in [1.29, 1.82) is 0 Å². The highest BCUT2D eigenvalue weighted by Crippen LogP contribution is 2.42. The minimum absolute atomic E-state index is 0. The van der Waals surface area contributed by atoms with E-state index in [4.69, 9.17) is 4.74 Å². The summed E-state index contributed by atoms with van der Waals surface area (Å²) in [5.41, 5.74) is 0. The van der Waals surface area contributed by atoms with Gasteiger partial charge in [0.05, 0.1) is 6.26 Å². The van der Waals surface area contributed by atoms with Gasteiger partial charge in [0.1, 0.15) is 12.3 Å². The van der Waals surface area contributed by atoms with Crippen molar-refractivity contribution >= 4 is 0 Å². The van der Waals surface area contributed by atoms with E-state index in [9.17, 15) is 8.78 Å². The maximum atomic E-state index is 14.2. The topological polar surface area (TPSA) is 40.7 Å². The number of hydrogen-bond donors (Lipinski definition) is 0. The Labute approximate surface area is 123 Å². The molecule has 4 heteroatoms. The number of halogens is 2. The molecule has 2 aliphatic carbocycles. The van der Waals surface area contributed by atoms with Crippen LogP contribution in [-0.4, -0.2) is 23.9 Å². The molecule has 2 N–H and O–H groups in total. The Morgan fingerprint density at radius 2 is 1.65 bits per heavy atom. The molecule has 0 amide bonds. The highest BCUT2D eigenvalue weighted by molar-refractivity contribution is 4.93. The van der Waals surface area contributed by atoms with Crippen LogP contribution in [0.4, 0.5) is 8.78 Å². The molecule has 4 atom stereocenters. The van der Waals surface area contributed by atoms with Gasteiger partial charge in [-0.2, -0.15) is 0 Å². The van der Waals surface area contributed by atoms with Gasteiger partial charge in [0, 0.05) is 1.43 Å². The van der Waals surface area contributed by atoms with E-state index in [0.29, 0.717) is 12.3 Å². The fraction of sp³-hybridized carbons (Fsp3) is 0.875. The molecule has 0 saturated heterocycles. The van der Waals surface area contributed by atoms with Gasteiger partial charge < -0.3 is 10.2 Å². The van der Waals surface area contributed by atoms with E-state index in [1.54, 1.807) is 0 Å². The van der Waals surface area contributed by atoms with Gasteiger partial charge in [-0.3, -0.25) is 0 Å². The highest BCUT2D eigenvalue weighted by Gasteiger charge is 2.44. The van der Waals surface area contributed by atoms with E-state index in [1.807, 2.05) is 0 Å². The second kappa shape index (κ2) is 8.60. The Balaban J connectivity index is 0. The lowest BCUT2D eigenvalue weighted by molar-refractivity contribution is -0.0595. The molecule has 2 rings (SSSR count). The zero-order valence-electron chi connectivity index (χ0n) is 11.7. The summed E-state index contributed by atoms with van der Waals surface area (Å²) in [6, 6.07) is 0. The van der Waals surface area contributed by atoms with Crippen molar-refractivity contribution in [3.63, 3.8) is 0 Å². The number of ether oxygens (including phenoxy) is 1. The average molecular weight is 294 g/mol. The maximum absolute atomic E-state index is 14.2. The summed E-state index contributed by atoms with van der Waals surface area (Å²) in [7, 11) is 0. The zero-order chi connectivity index (χ0) is 13.1. The van der Waals surface area contributed by atoms with Crippen LogP contribution in [0.2, 0.25) is 0 Å². The molecule has 0 aromatic carbocycles. The van der Waals surface area contributed by atoms with E-state index >= 15 is 0 Å². The molecule has 0 bridgehead atoms. The van der Waals surface area contributed by atoms with Gasteiger partial charge in [-0.05, 0) is 43.4 Å². The minimum atomic E-state index is -1.49. The Kier molecular flexibility index (Phi) is 8.33. The monoisotopic (exact) mass is 294 g/mol. The standard InChI is InChI=1S/C15H24F2O.CH4.H2O.H2/c1-3-18-13-9-8-12(14(16)15(13)17)11-6-4-10(2)5-7-11;;;/h3,10-15H,1,4-9H2,2H3;1H4;1H2;1H. The lowest BCUT2D eigenvalue weighted by Crippen LogP contribution is -2.45. The second-order valence-electron chi connectivity index (χ2n) is 5.99.